The van der Waals surface area contributed by atoms with Crippen LogP contribution in [-0.4, -0.2) is 11.2 Å². The van der Waals surface area contributed by atoms with Gasteiger partial charge in [0.1, 0.15) is 0 Å². The number of aliphatic hydroxyl groups is 1. The van der Waals surface area contributed by atoms with Crippen LogP contribution in [0, 0.1) is 16.7 Å². The summed E-state index contributed by atoms with van der Waals surface area (Å²) in [6.45, 7) is 5.47. The van der Waals surface area contributed by atoms with Crippen LogP contribution in [0.4, 0.5) is 0 Å². The lowest BCUT2D eigenvalue weighted by molar-refractivity contribution is 0.0654. The van der Waals surface area contributed by atoms with Gasteiger partial charge >= 0.3 is 0 Å². The van der Waals surface area contributed by atoms with Crippen LogP contribution >= 0.6 is 0 Å². The molecule has 2 atom stereocenters. The maximum atomic E-state index is 10.1. The molecule has 80 valence electrons. The van der Waals surface area contributed by atoms with Gasteiger partial charge in [-0.3, -0.25) is 0 Å². The van der Waals surface area contributed by atoms with Crippen molar-refractivity contribution in [3.8, 4) is 6.07 Å². The third-order valence-electron chi connectivity index (χ3n) is 2.83. The van der Waals surface area contributed by atoms with E-state index < -0.39 is 11.5 Å². The molecule has 0 saturated carbocycles. The Morgan fingerprint density at radius 2 is 1.80 bits per heavy atom. The SMILES string of the molecule is CC(c1ccccc1)C(O)C(C)(C)C#N. The summed E-state index contributed by atoms with van der Waals surface area (Å²) in [5.41, 5.74) is 0.350. The van der Waals surface area contributed by atoms with Crippen LogP contribution in [0.5, 0.6) is 0 Å². The number of hydrogen-bond donors (Lipinski definition) is 1. The number of aliphatic hydroxyl groups excluding tert-OH is 1. The predicted octanol–water partition coefficient (Wildman–Crippen LogP) is 2.70. The molecule has 0 fully saturated rings. The van der Waals surface area contributed by atoms with E-state index in [9.17, 15) is 5.11 Å². The normalized spacial score (nSPS) is 15.4. The molecule has 1 aromatic carbocycles. The third kappa shape index (κ3) is 2.57. The molecule has 0 aromatic heterocycles. The molecule has 0 spiro atoms. The van der Waals surface area contributed by atoms with Gasteiger partial charge in [0.2, 0.25) is 0 Å². The average Bonchev–Trinajstić information content (AvgIpc) is 2.28. The van der Waals surface area contributed by atoms with E-state index in [1.54, 1.807) is 13.8 Å². The maximum Gasteiger partial charge on any atom is 0.0786 e. The molecule has 1 N–H and O–H groups in total. The van der Waals surface area contributed by atoms with E-state index in [-0.39, 0.29) is 5.92 Å². The van der Waals surface area contributed by atoms with Gasteiger partial charge < -0.3 is 5.11 Å². The molecule has 0 amide bonds. The topological polar surface area (TPSA) is 44.0 Å². The van der Waals surface area contributed by atoms with Gasteiger partial charge in [-0.2, -0.15) is 5.26 Å². The zero-order valence-corrected chi connectivity index (χ0v) is 9.44. The molecule has 0 aliphatic rings. The van der Waals surface area contributed by atoms with Crippen LogP contribution in [0.15, 0.2) is 30.3 Å². The quantitative estimate of drug-likeness (QED) is 0.820. The lowest BCUT2D eigenvalue weighted by Gasteiger charge is -2.28. The van der Waals surface area contributed by atoms with Crippen molar-refractivity contribution in [3.05, 3.63) is 35.9 Å². The van der Waals surface area contributed by atoms with Crippen molar-refractivity contribution in [2.24, 2.45) is 5.41 Å². The third-order valence-corrected chi connectivity index (χ3v) is 2.83. The molecular formula is C13H17NO. The Morgan fingerprint density at radius 3 is 2.27 bits per heavy atom. The molecule has 2 nitrogen and oxygen atoms in total. The van der Waals surface area contributed by atoms with Crippen molar-refractivity contribution < 1.29 is 5.11 Å². The van der Waals surface area contributed by atoms with Gasteiger partial charge in [0, 0.05) is 5.92 Å². The fourth-order valence-electron chi connectivity index (χ4n) is 1.63. The number of hydrogen-bond acceptors (Lipinski definition) is 2. The first kappa shape index (κ1) is 11.7. The predicted molar refractivity (Wildman–Crippen MR) is 60.3 cm³/mol. The summed E-state index contributed by atoms with van der Waals surface area (Å²) in [5.74, 6) is -0.0270. The first-order valence-electron chi connectivity index (χ1n) is 5.13. The molecule has 2 unspecified atom stereocenters. The zero-order valence-electron chi connectivity index (χ0n) is 9.44. The van der Waals surface area contributed by atoms with Crippen LogP contribution in [0.25, 0.3) is 0 Å². The second-order valence-electron chi connectivity index (χ2n) is 4.48. The minimum atomic E-state index is -0.713. The molecule has 1 rings (SSSR count). The molecule has 2 heteroatoms. The van der Waals surface area contributed by atoms with E-state index >= 15 is 0 Å². The van der Waals surface area contributed by atoms with E-state index in [4.69, 9.17) is 5.26 Å². The van der Waals surface area contributed by atoms with E-state index in [2.05, 4.69) is 6.07 Å². The summed E-state index contributed by atoms with van der Waals surface area (Å²) in [6, 6.07) is 11.9. The molecule has 0 aliphatic heterocycles. The van der Waals surface area contributed by atoms with Gasteiger partial charge in [0.15, 0.2) is 0 Å². The monoisotopic (exact) mass is 203 g/mol. The number of nitriles is 1. The van der Waals surface area contributed by atoms with Crippen LogP contribution < -0.4 is 0 Å². The highest BCUT2D eigenvalue weighted by molar-refractivity contribution is 5.21. The zero-order chi connectivity index (χ0) is 11.5. The van der Waals surface area contributed by atoms with Crippen molar-refractivity contribution in [1.82, 2.24) is 0 Å². The number of benzene rings is 1. The van der Waals surface area contributed by atoms with E-state index in [0.717, 1.165) is 5.56 Å². The van der Waals surface area contributed by atoms with E-state index in [1.807, 2.05) is 37.3 Å². The summed E-state index contributed by atoms with van der Waals surface area (Å²) in [4.78, 5) is 0. The average molecular weight is 203 g/mol. The van der Waals surface area contributed by atoms with Crippen molar-refractivity contribution >= 4 is 0 Å². The lowest BCUT2D eigenvalue weighted by Crippen LogP contribution is -2.32. The fraction of sp³-hybridized carbons (Fsp3) is 0.462. The Bertz CT molecular complexity index is 351. The number of rotatable bonds is 3. The summed E-state index contributed by atoms with van der Waals surface area (Å²) in [7, 11) is 0. The second kappa shape index (κ2) is 4.46. The molecule has 0 aliphatic carbocycles. The maximum absolute atomic E-state index is 10.1. The van der Waals surface area contributed by atoms with Crippen LogP contribution in [0.1, 0.15) is 32.3 Å². The van der Waals surface area contributed by atoms with Gasteiger partial charge in [-0.15, -0.1) is 0 Å². The molecule has 0 bridgehead atoms. The highest BCUT2D eigenvalue weighted by atomic mass is 16.3. The Kier molecular flexibility index (Phi) is 3.49. The van der Waals surface area contributed by atoms with Crippen LogP contribution in [0.3, 0.4) is 0 Å². The highest BCUT2D eigenvalue weighted by Crippen LogP contribution is 2.31. The van der Waals surface area contributed by atoms with Crippen LogP contribution in [0.2, 0.25) is 0 Å². The van der Waals surface area contributed by atoms with Crippen molar-refractivity contribution in [2.75, 3.05) is 0 Å². The van der Waals surface area contributed by atoms with Crippen molar-refractivity contribution in [1.29, 1.82) is 5.26 Å². The standard InChI is InChI=1S/C13H17NO/c1-10(11-7-5-4-6-8-11)12(15)13(2,3)9-14/h4-8,10,12,15H,1-3H3. The minimum Gasteiger partial charge on any atom is -0.391 e. The first-order chi connectivity index (χ1) is 6.99. The summed E-state index contributed by atoms with van der Waals surface area (Å²) < 4.78 is 0. The van der Waals surface area contributed by atoms with Gasteiger partial charge in [-0.1, -0.05) is 37.3 Å². The number of nitrogens with zero attached hydrogens (tertiary/aromatic N) is 1. The molecular weight excluding hydrogens is 186 g/mol. The van der Waals surface area contributed by atoms with Gasteiger partial charge in [-0.05, 0) is 19.4 Å². The molecule has 0 heterocycles. The van der Waals surface area contributed by atoms with E-state index in [1.165, 1.54) is 0 Å². The Morgan fingerprint density at radius 1 is 1.27 bits per heavy atom. The highest BCUT2D eigenvalue weighted by Gasteiger charge is 2.32. The van der Waals surface area contributed by atoms with Crippen molar-refractivity contribution in [2.45, 2.75) is 32.8 Å². The van der Waals surface area contributed by atoms with Gasteiger partial charge in [0.05, 0.1) is 17.6 Å². The Balaban J connectivity index is 2.88. The van der Waals surface area contributed by atoms with Crippen molar-refractivity contribution in [3.63, 3.8) is 0 Å². The Hall–Kier alpha value is -1.33. The van der Waals surface area contributed by atoms with Crippen LogP contribution in [-0.2, 0) is 0 Å². The van der Waals surface area contributed by atoms with E-state index in [0.29, 0.717) is 0 Å². The Labute approximate surface area is 91.2 Å². The molecule has 0 saturated heterocycles. The molecule has 15 heavy (non-hydrogen) atoms. The lowest BCUT2D eigenvalue weighted by atomic mass is 9.79. The summed E-state index contributed by atoms with van der Waals surface area (Å²) >= 11 is 0. The smallest absolute Gasteiger partial charge is 0.0786 e. The molecule has 0 radical (unpaired) electrons. The first-order valence-corrected chi connectivity index (χ1v) is 5.13. The summed E-state index contributed by atoms with van der Waals surface area (Å²) in [5, 5.41) is 19.0. The molecule has 1 aromatic rings. The summed E-state index contributed by atoms with van der Waals surface area (Å²) in [6.07, 6.45) is -0.648. The van der Waals surface area contributed by atoms with Gasteiger partial charge in [0.25, 0.3) is 0 Å². The van der Waals surface area contributed by atoms with Gasteiger partial charge in [-0.25, -0.2) is 0 Å². The second-order valence-corrected chi connectivity index (χ2v) is 4.48. The largest absolute Gasteiger partial charge is 0.391 e. The fourth-order valence-corrected chi connectivity index (χ4v) is 1.63. The minimum absolute atomic E-state index is 0.0270.